The predicted molar refractivity (Wildman–Crippen MR) is 261 cm³/mol. The van der Waals surface area contributed by atoms with E-state index in [0.717, 1.165) is 94.2 Å². The average Bonchev–Trinajstić information content (AvgIpc) is 4.01. The van der Waals surface area contributed by atoms with Crippen molar-refractivity contribution in [2.75, 3.05) is 0 Å². The molecule has 0 bridgehead atoms. The van der Waals surface area contributed by atoms with Crippen molar-refractivity contribution in [1.82, 2.24) is 9.97 Å². The zero-order valence-electron chi connectivity index (χ0n) is 34.9. The number of hydrogen-bond acceptors (Lipinski definition) is 4. The van der Waals surface area contributed by atoms with E-state index in [-0.39, 0.29) is 5.41 Å². The SMILES string of the molecule is CC1(c2ccccc2)c2ccccc2-c2ccc(-c3cc(-c4cc(-c5ccc6c(c5)oc5ccccc56)cc(-c5ccc6c(c5)oc5ccccc56)c4)nc(-c4ccccc4)n3)cc21. The zero-order valence-corrected chi connectivity index (χ0v) is 34.9. The number of rotatable bonds is 6. The van der Waals surface area contributed by atoms with E-state index in [2.05, 4.69) is 177 Å². The molecule has 0 aliphatic heterocycles. The lowest BCUT2D eigenvalue weighted by molar-refractivity contribution is 0.668. The first-order chi connectivity index (χ1) is 31.5. The number of hydrogen-bond donors (Lipinski definition) is 0. The fourth-order valence-corrected chi connectivity index (χ4v) is 10.1. The summed E-state index contributed by atoms with van der Waals surface area (Å²) in [5, 5.41) is 4.41. The van der Waals surface area contributed by atoms with E-state index in [1.54, 1.807) is 0 Å². The Bertz CT molecular complexity index is 3670. The van der Waals surface area contributed by atoms with Crippen LogP contribution in [0.1, 0.15) is 23.6 Å². The standard InChI is InChI=1S/C60H38N2O2/c1-60(44-16-6-3-7-17-44)51-21-11-8-18-45(51)46-27-26-40(33-52(46)60)53-36-54(62-59(61-53)37-14-4-2-5-15-37)43-31-41(38-24-28-49-47-19-9-12-22-55(47)63-57(49)34-38)30-42(32-43)39-25-29-50-48-20-10-13-23-56(48)64-58(50)35-39/h2-36H,1H3. The molecule has 3 aromatic heterocycles. The molecule has 13 rings (SSSR count). The maximum Gasteiger partial charge on any atom is 0.160 e. The molecule has 1 aliphatic carbocycles. The van der Waals surface area contributed by atoms with Crippen LogP contribution in [0, 0.1) is 0 Å². The van der Waals surface area contributed by atoms with Crippen LogP contribution < -0.4 is 0 Å². The van der Waals surface area contributed by atoms with Gasteiger partial charge in [0.1, 0.15) is 22.3 Å². The monoisotopic (exact) mass is 818 g/mol. The Morgan fingerprint density at radius 1 is 0.328 bits per heavy atom. The van der Waals surface area contributed by atoms with E-state index < -0.39 is 0 Å². The van der Waals surface area contributed by atoms with Crippen molar-refractivity contribution < 1.29 is 8.83 Å². The van der Waals surface area contributed by atoms with Gasteiger partial charge in [0, 0.05) is 43.7 Å². The lowest BCUT2D eigenvalue weighted by Gasteiger charge is -2.28. The quantitative estimate of drug-likeness (QED) is 0.168. The van der Waals surface area contributed by atoms with Gasteiger partial charge in [-0.2, -0.15) is 0 Å². The summed E-state index contributed by atoms with van der Waals surface area (Å²) in [6.45, 7) is 2.36. The number of para-hydroxylation sites is 2. The molecule has 1 unspecified atom stereocenters. The van der Waals surface area contributed by atoms with Crippen LogP contribution in [0.25, 0.3) is 111 Å². The molecule has 0 radical (unpaired) electrons. The van der Waals surface area contributed by atoms with Crippen molar-refractivity contribution in [2.24, 2.45) is 0 Å². The number of furan rings is 2. The van der Waals surface area contributed by atoms with Crippen LogP contribution in [-0.2, 0) is 5.41 Å². The highest BCUT2D eigenvalue weighted by Crippen LogP contribution is 2.53. The van der Waals surface area contributed by atoms with Crippen molar-refractivity contribution in [3.63, 3.8) is 0 Å². The molecule has 0 amide bonds. The summed E-state index contributed by atoms with van der Waals surface area (Å²) in [6.07, 6.45) is 0. The van der Waals surface area contributed by atoms with Crippen molar-refractivity contribution in [1.29, 1.82) is 0 Å². The predicted octanol–water partition coefficient (Wildman–Crippen LogP) is 15.9. The molecule has 12 aromatic rings. The summed E-state index contributed by atoms with van der Waals surface area (Å²) in [6, 6.07) is 75.3. The first-order valence-corrected chi connectivity index (χ1v) is 21.8. The third-order valence-corrected chi connectivity index (χ3v) is 13.4. The Hall–Kier alpha value is -8.34. The number of aromatic nitrogens is 2. The minimum absolute atomic E-state index is 0.341. The van der Waals surface area contributed by atoms with E-state index >= 15 is 0 Å². The zero-order chi connectivity index (χ0) is 42.4. The molecule has 4 heteroatoms. The van der Waals surface area contributed by atoms with Crippen LogP contribution in [0.3, 0.4) is 0 Å². The molecule has 64 heavy (non-hydrogen) atoms. The molecule has 0 saturated heterocycles. The molecule has 0 saturated carbocycles. The second kappa shape index (κ2) is 14.1. The average molecular weight is 819 g/mol. The second-order valence-electron chi connectivity index (χ2n) is 17.0. The summed E-state index contributed by atoms with van der Waals surface area (Å²) >= 11 is 0. The largest absolute Gasteiger partial charge is 0.456 e. The van der Waals surface area contributed by atoms with Crippen LogP contribution in [0.5, 0.6) is 0 Å². The van der Waals surface area contributed by atoms with Gasteiger partial charge in [-0.3, -0.25) is 0 Å². The topological polar surface area (TPSA) is 52.1 Å². The third kappa shape index (κ3) is 5.69. The summed E-state index contributed by atoms with van der Waals surface area (Å²) in [5.41, 5.74) is 18.4. The smallest absolute Gasteiger partial charge is 0.160 e. The van der Waals surface area contributed by atoms with Crippen molar-refractivity contribution in [2.45, 2.75) is 12.3 Å². The highest BCUT2D eigenvalue weighted by Gasteiger charge is 2.40. The van der Waals surface area contributed by atoms with E-state index in [1.807, 2.05) is 42.5 Å². The molecule has 0 N–H and O–H groups in total. The minimum atomic E-state index is -0.341. The normalized spacial score (nSPS) is 14.4. The summed E-state index contributed by atoms with van der Waals surface area (Å²) < 4.78 is 12.8. The Morgan fingerprint density at radius 2 is 0.828 bits per heavy atom. The summed E-state index contributed by atoms with van der Waals surface area (Å²) in [4.78, 5) is 10.7. The second-order valence-corrected chi connectivity index (χ2v) is 17.0. The molecular formula is C60H38N2O2. The molecule has 1 atom stereocenters. The maximum atomic E-state index is 6.41. The van der Waals surface area contributed by atoms with Gasteiger partial charge < -0.3 is 8.83 Å². The van der Waals surface area contributed by atoms with Crippen LogP contribution in [0.15, 0.2) is 221 Å². The van der Waals surface area contributed by atoms with Crippen LogP contribution >= 0.6 is 0 Å². The molecule has 9 aromatic carbocycles. The van der Waals surface area contributed by atoms with Gasteiger partial charge in [-0.25, -0.2) is 9.97 Å². The minimum Gasteiger partial charge on any atom is -0.456 e. The Labute approximate surface area is 369 Å². The molecule has 1 aliphatic rings. The molecular weight excluding hydrogens is 781 g/mol. The first kappa shape index (κ1) is 36.3. The lowest BCUT2D eigenvalue weighted by Crippen LogP contribution is -2.22. The number of nitrogens with zero attached hydrogens (tertiary/aromatic N) is 2. The van der Waals surface area contributed by atoms with E-state index in [9.17, 15) is 0 Å². The van der Waals surface area contributed by atoms with E-state index in [1.165, 1.54) is 27.8 Å². The van der Waals surface area contributed by atoms with Crippen molar-refractivity contribution in [3.8, 4) is 67.3 Å². The maximum absolute atomic E-state index is 6.41. The van der Waals surface area contributed by atoms with Gasteiger partial charge in [-0.15, -0.1) is 0 Å². The molecule has 0 spiro atoms. The fraction of sp³-hybridized carbons (Fsp3) is 0.0333. The van der Waals surface area contributed by atoms with Gasteiger partial charge in [0.2, 0.25) is 0 Å². The third-order valence-electron chi connectivity index (χ3n) is 13.4. The summed E-state index contributed by atoms with van der Waals surface area (Å²) in [5.74, 6) is 0.669. The van der Waals surface area contributed by atoms with Gasteiger partial charge in [-0.05, 0) is 124 Å². The number of benzene rings is 9. The van der Waals surface area contributed by atoms with Crippen LogP contribution in [0.4, 0.5) is 0 Å². The molecule has 4 nitrogen and oxygen atoms in total. The first-order valence-electron chi connectivity index (χ1n) is 21.8. The Kier molecular flexibility index (Phi) is 8.00. The molecule has 0 fully saturated rings. The van der Waals surface area contributed by atoms with Gasteiger partial charge >= 0.3 is 0 Å². The highest BCUT2D eigenvalue weighted by molar-refractivity contribution is 6.07. The molecule has 3 heterocycles. The Morgan fingerprint density at radius 3 is 1.48 bits per heavy atom. The molecule has 300 valence electrons. The van der Waals surface area contributed by atoms with Gasteiger partial charge in [0.05, 0.1) is 11.4 Å². The van der Waals surface area contributed by atoms with Crippen LogP contribution in [-0.4, -0.2) is 9.97 Å². The van der Waals surface area contributed by atoms with Crippen molar-refractivity contribution >= 4 is 43.9 Å². The lowest BCUT2D eigenvalue weighted by atomic mass is 9.74. The highest BCUT2D eigenvalue weighted by atomic mass is 16.3. The van der Waals surface area contributed by atoms with Gasteiger partial charge in [-0.1, -0.05) is 146 Å². The van der Waals surface area contributed by atoms with Crippen LogP contribution in [0.2, 0.25) is 0 Å². The number of fused-ring (bicyclic) bond motifs is 9. The van der Waals surface area contributed by atoms with E-state index in [4.69, 9.17) is 18.8 Å². The van der Waals surface area contributed by atoms with Crippen molar-refractivity contribution in [3.05, 3.63) is 229 Å². The van der Waals surface area contributed by atoms with Gasteiger partial charge in [0.15, 0.2) is 5.82 Å². The Balaban J connectivity index is 1.02. The fourth-order valence-electron chi connectivity index (χ4n) is 10.1. The summed E-state index contributed by atoms with van der Waals surface area (Å²) in [7, 11) is 0. The van der Waals surface area contributed by atoms with Gasteiger partial charge in [0.25, 0.3) is 0 Å². The van der Waals surface area contributed by atoms with E-state index in [0.29, 0.717) is 5.82 Å².